The Labute approximate surface area is 171 Å². The van der Waals surface area contributed by atoms with Gasteiger partial charge in [-0.2, -0.15) is 0 Å². The number of hydrogen-bond donors (Lipinski definition) is 1. The van der Waals surface area contributed by atoms with Gasteiger partial charge in [-0.3, -0.25) is 9.78 Å². The molecule has 5 nitrogen and oxygen atoms in total. The molecule has 0 saturated carbocycles. The predicted octanol–water partition coefficient (Wildman–Crippen LogP) is 4.94. The van der Waals surface area contributed by atoms with Gasteiger partial charge < -0.3 is 5.32 Å². The summed E-state index contributed by atoms with van der Waals surface area (Å²) in [7, 11) is 0. The Balaban J connectivity index is 1.85. The van der Waals surface area contributed by atoms with E-state index in [0.29, 0.717) is 38.7 Å². The first-order valence-electron chi connectivity index (χ1n) is 8.08. The molecule has 2 aromatic heterocycles. The van der Waals surface area contributed by atoms with E-state index in [1.165, 1.54) is 11.8 Å². The number of anilines is 1. The molecule has 2 heterocycles. The number of carbonyl (C=O) groups excluding carboxylic acids is 1. The Morgan fingerprint density at radius 2 is 1.85 bits per heavy atom. The molecule has 3 rings (SSSR count). The van der Waals surface area contributed by atoms with Crippen molar-refractivity contribution >= 4 is 46.6 Å². The van der Waals surface area contributed by atoms with E-state index in [0.717, 1.165) is 5.56 Å². The standard InChI is InChI=1S/C19H16Cl2N4OS/c1-27-19-24-11-13(9-16(26)17-14(20)3-2-4-15(17)21)18(25-19)23-10-12-5-7-22-8-6-12/h2-8,11H,9-10H2,1H3,(H,23,24,25). The molecule has 1 aromatic carbocycles. The molecule has 8 heteroatoms. The number of benzene rings is 1. The van der Waals surface area contributed by atoms with Crippen LogP contribution in [0.15, 0.2) is 54.1 Å². The lowest BCUT2D eigenvalue weighted by molar-refractivity contribution is 0.0993. The topological polar surface area (TPSA) is 67.8 Å². The number of halogens is 2. The van der Waals surface area contributed by atoms with Crippen molar-refractivity contribution in [1.82, 2.24) is 15.0 Å². The van der Waals surface area contributed by atoms with Crippen LogP contribution in [0.25, 0.3) is 0 Å². The van der Waals surface area contributed by atoms with E-state index in [4.69, 9.17) is 23.2 Å². The zero-order chi connectivity index (χ0) is 19.2. The van der Waals surface area contributed by atoms with E-state index in [1.807, 2.05) is 18.4 Å². The van der Waals surface area contributed by atoms with Crippen molar-refractivity contribution < 1.29 is 4.79 Å². The summed E-state index contributed by atoms with van der Waals surface area (Å²) in [5, 5.41) is 4.57. The molecular weight excluding hydrogens is 403 g/mol. The predicted molar refractivity (Wildman–Crippen MR) is 110 cm³/mol. The second kappa shape index (κ2) is 9.17. The molecule has 0 aliphatic heterocycles. The van der Waals surface area contributed by atoms with E-state index in [-0.39, 0.29) is 12.2 Å². The third-order valence-corrected chi connectivity index (χ3v) is 5.02. The van der Waals surface area contributed by atoms with Crippen LogP contribution in [-0.2, 0) is 13.0 Å². The van der Waals surface area contributed by atoms with Crippen LogP contribution >= 0.6 is 35.0 Å². The summed E-state index contributed by atoms with van der Waals surface area (Å²) in [4.78, 5) is 25.6. The van der Waals surface area contributed by atoms with Crippen molar-refractivity contribution in [3.63, 3.8) is 0 Å². The van der Waals surface area contributed by atoms with E-state index in [1.54, 1.807) is 36.8 Å². The van der Waals surface area contributed by atoms with Gasteiger partial charge in [0, 0.05) is 37.1 Å². The molecular formula is C19H16Cl2N4OS. The highest BCUT2D eigenvalue weighted by molar-refractivity contribution is 7.98. The van der Waals surface area contributed by atoms with E-state index < -0.39 is 0 Å². The lowest BCUT2D eigenvalue weighted by Crippen LogP contribution is -2.11. The summed E-state index contributed by atoms with van der Waals surface area (Å²) < 4.78 is 0. The van der Waals surface area contributed by atoms with Gasteiger partial charge in [-0.15, -0.1) is 0 Å². The van der Waals surface area contributed by atoms with E-state index in [2.05, 4.69) is 20.3 Å². The van der Waals surface area contributed by atoms with Crippen molar-refractivity contribution in [3.05, 3.63) is 75.7 Å². The first kappa shape index (κ1) is 19.6. The molecule has 0 saturated heterocycles. The molecule has 0 amide bonds. The Hall–Kier alpha value is -2.15. The third-order valence-electron chi connectivity index (χ3n) is 3.83. The lowest BCUT2D eigenvalue weighted by atomic mass is 10.0. The molecule has 27 heavy (non-hydrogen) atoms. The van der Waals surface area contributed by atoms with Crippen LogP contribution in [0.5, 0.6) is 0 Å². The molecule has 0 radical (unpaired) electrons. The maximum atomic E-state index is 12.8. The maximum Gasteiger partial charge on any atom is 0.189 e. The van der Waals surface area contributed by atoms with Crippen molar-refractivity contribution in [2.45, 2.75) is 18.1 Å². The van der Waals surface area contributed by atoms with Crippen molar-refractivity contribution in [3.8, 4) is 0 Å². The number of nitrogens with one attached hydrogen (secondary N) is 1. The number of nitrogens with zero attached hydrogens (tertiary/aromatic N) is 3. The fourth-order valence-electron chi connectivity index (χ4n) is 2.48. The van der Waals surface area contributed by atoms with Crippen LogP contribution < -0.4 is 5.32 Å². The van der Waals surface area contributed by atoms with Crippen molar-refractivity contribution in [2.24, 2.45) is 0 Å². The number of carbonyl (C=O) groups is 1. The highest BCUT2D eigenvalue weighted by atomic mass is 35.5. The molecule has 138 valence electrons. The average molecular weight is 419 g/mol. The largest absolute Gasteiger partial charge is 0.366 e. The summed E-state index contributed by atoms with van der Waals surface area (Å²) in [6.07, 6.45) is 7.12. The highest BCUT2D eigenvalue weighted by Crippen LogP contribution is 2.27. The van der Waals surface area contributed by atoms with Gasteiger partial charge in [0.2, 0.25) is 0 Å². The summed E-state index contributed by atoms with van der Waals surface area (Å²) in [5.74, 6) is 0.431. The Morgan fingerprint density at radius 1 is 1.15 bits per heavy atom. The summed E-state index contributed by atoms with van der Waals surface area (Å²) >= 11 is 13.7. The fraction of sp³-hybridized carbons (Fsp3) is 0.158. The van der Waals surface area contributed by atoms with Crippen LogP contribution in [0.2, 0.25) is 10.0 Å². The van der Waals surface area contributed by atoms with Crippen LogP contribution in [0, 0.1) is 0 Å². The van der Waals surface area contributed by atoms with Gasteiger partial charge in [-0.1, -0.05) is 41.0 Å². The molecule has 0 atom stereocenters. The van der Waals surface area contributed by atoms with Crippen LogP contribution in [0.4, 0.5) is 5.82 Å². The van der Waals surface area contributed by atoms with Gasteiger partial charge in [0.1, 0.15) is 5.82 Å². The van der Waals surface area contributed by atoms with Crippen LogP contribution in [0.1, 0.15) is 21.5 Å². The number of aromatic nitrogens is 3. The normalized spacial score (nSPS) is 10.6. The minimum Gasteiger partial charge on any atom is -0.366 e. The maximum absolute atomic E-state index is 12.8. The minimum atomic E-state index is -0.182. The lowest BCUT2D eigenvalue weighted by Gasteiger charge is -2.12. The number of pyridine rings is 1. The summed E-state index contributed by atoms with van der Waals surface area (Å²) in [6, 6.07) is 8.84. The third kappa shape index (κ3) is 4.97. The fourth-order valence-corrected chi connectivity index (χ4v) is 3.43. The van der Waals surface area contributed by atoms with Gasteiger partial charge in [-0.25, -0.2) is 9.97 Å². The molecule has 0 bridgehead atoms. The molecule has 0 spiro atoms. The molecule has 3 aromatic rings. The number of Topliss-reactive ketones (excluding diaryl/α,β-unsaturated/α-hetero) is 1. The molecule has 0 aliphatic rings. The van der Waals surface area contributed by atoms with E-state index >= 15 is 0 Å². The number of ketones is 1. The van der Waals surface area contributed by atoms with Gasteiger partial charge >= 0.3 is 0 Å². The van der Waals surface area contributed by atoms with E-state index in [9.17, 15) is 4.79 Å². The molecule has 1 N–H and O–H groups in total. The van der Waals surface area contributed by atoms with Crippen molar-refractivity contribution in [2.75, 3.05) is 11.6 Å². The average Bonchev–Trinajstić information content (AvgIpc) is 2.68. The summed E-state index contributed by atoms with van der Waals surface area (Å²) in [5.41, 5.74) is 2.05. The minimum absolute atomic E-state index is 0.0940. The molecule has 0 unspecified atom stereocenters. The second-order valence-corrected chi connectivity index (χ2v) is 7.22. The van der Waals surface area contributed by atoms with Crippen molar-refractivity contribution in [1.29, 1.82) is 0 Å². The van der Waals surface area contributed by atoms with Gasteiger partial charge in [0.05, 0.1) is 15.6 Å². The number of thioether (sulfide) groups is 1. The van der Waals surface area contributed by atoms with Gasteiger partial charge in [0.25, 0.3) is 0 Å². The molecule has 0 aliphatic carbocycles. The Morgan fingerprint density at radius 3 is 2.52 bits per heavy atom. The first-order valence-corrected chi connectivity index (χ1v) is 10.1. The highest BCUT2D eigenvalue weighted by Gasteiger charge is 2.18. The second-order valence-electron chi connectivity index (χ2n) is 5.64. The van der Waals surface area contributed by atoms with Gasteiger partial charge in [-0.05, 0) is 36.1 Å². The number of rotatable bonds is 7. The quantitative estimate of drug-likeness (QED) is 0.333. The number of hydrogen-bond acceptors (Lipinski definition) is 6. The molecule has 0 fully saturated rings. The SMILES string of the molecule is CSc1ncc(CC(=O)c2c(Cl)cccc2Cl)c(NCc2ccncc2)n1. The Kier molecular flexibility index (Phi) is 6.66. The first-order chi connectivity index (χ1) is 13.1. The van der Waals surface area contributed by atoms with Crippen LogP contribution in [-0.4, -0.2) is 27.0 Å². The Bertz CT molecular complexity index is 933. The smallest absolute Gasteiger partial charge is 0.189 e. The van der Waals surface area contributed by atoms with Gasteiger partial charge in [0.15, 0.2) is 10.9 Å². The zero-order valence-electron chi connectivity index (χ0n) is 14.4. The zero-order valence-corrected chi connectivity index (χ0v) is 16.8. The summed E-state index contributed by atoms with van der Waals surface area (Å²) in [6.45, 7) is 0.557. The monoisotopic (exact) mass is 418 g/mol. The van der Waals surface area contributed by atoms with Crippen LogP contribution in [0.3, 0.4) is 0 Å².